The van der Waals surface area contributed by atoms with Crippen molar-refractivity contribution in [3.05, 3.63) is 0 Å². The van der Waals surface area contributed by atoms with Gasteiger partial charge >= 0.3 is 20.9 Å². The van der Waals surface area contributed by atoms with E-state index >= 15 is 0 Å². The Labute approximate surface area is 146 Å². The van der Waals surface area contributed by atoms with E-state index in [1.54, 1.807) is 0 Å². The van der Waals surface area contributed by atoms with E-state index in [0.29, 0.717) is 32.2 Å². The highest BCUT2D eigenvalue weighted by Gasteiger charge is 2.43. The third-order valence-electron chi connectivity index (χ3n) is 2.60. The van der Waals surface area contributed by atoms with Gasteiger partial charge in [0, 0.05) is 25.8 Å². The summed E-state index contributed by atoms with van der Waals surface area (Å²) in [5.74, 6) is 0. The summed E-state index contributed by atoms with van der Waals surface area (Å²) in [5, 5.41) is 2.63. The number of carbonyl (C=O) groups excluding carboxylic acids is 2. The van der Waals surface area contributed by atoms with E-state index in [-0.39, 0.29) is 0 Å². The first kappa shape index (κ1) is 22.9. The molecule has 0 fully saturated rings. The molecule has 3 amide bonds. The average molecular weight is 382 g/mol. The van der Waals surface area contributed by atoms with E-state index in [1.165, 1.54) is 7.11 Å². The highest BCUT2D eigenvalue weighted by atomic mass is 28.5. The van der Waals surface area contributed by atoms with Crippen molar-refractivity contribution in [1.29, 1.82) is 0 Å². The molecule has 0 aromatic rings. The van der Waals surface area contributed by atoms with Crippen LogP contribution in [0.2, 0.25) is 25.7 Å². The largest absolute Gasteiger partial charge is 0.490 e. The van der Waals surface area contributed by atoms with Gasteiger partial charge in [-0.05, 0) is 39.9 Å². The summed E-state index contributed by atoms with van der Waals surface area (Å²) >= 11 is 0. The van der Waals surface area contributed by atoms with E-state index in [9.17, 15) is 9.59 Å². The molecule has 0 saturated carbocycles. The third-order valence-corrected chi connectivity index (χ3v) is 8.72. The van der Waals surface area contributed by atoms with E-state index in [4.69, 9.17) is 13.0 Å². The number of urea groups is 1. The third kappa shape index (κ3) is 10.6. The normalized spacial score (nSPS) is 11.8. The van der Waals surface area contributed by atoms with Crippen molar-refractivity contribution in [1.82, 2.24) is 16.2 Å². The number of ether oxygens (including phenoxy) is 1. The molecule has 0 radical (unpaired) electrons. The summed E-state index contributed by atoms with van der Waals surface area (Å²) in [6.45, 7) is 11.6. The number of amides is 3. The monoisotopic (exact) mass is 381 g/mol. The van der Waals surface area contributed by atoms with Crippen LogP contribution in [0.3, 0.4) is 0 Å². The van der Waals surface area contributed by atoms with Crippen LogP contribution in [-0.2, 0) is 17.7 Å². The Morgan fingerprint density at radius 2 is 1.58 bits per heavy atom. The smallest absolute Gasteiger partial charge is 0.452 e. The summed E-state index contributed by atoms with van der Waals surface area (Å²) in [5.41, 5.74) is 4.25. The SMILES string of the molecule is CCO[Si](CCCNC(=O)NNC(=O)OC)(OCC)O[Si](C)(C)C. The van der Waals surface area contributed by atoms with E-state index < -0.39 is 29.2 Å². The standard InChI is InChI=1S/C13H31N3O6Si2/c1-7-20-24(21-8-2,22-23(4,5)6)11-9-10-14-12(17)15-16-13(18)19-3/h7-11H2,1-6H3,(H,16,18)(H2,14,15,17). The summed E-state index contributed by atoms with van der Waals surface area (Å²) in [4.78, 5) is 22.3. The zero-order chi connectivity index (χ0) is 18.6. The fourth-order valence-corrected chi connectivity index (χ4v) is 8.39. The Balaban J connectivity index is 4.40. The van der Waals surface area contributed by atoms with Crippen LogP contribution in [0.1, 0.15) is 20.3 Å². The molecular weight excluding hydrogens is 350 g/mol. The number of methoxy groups -OCH3 is 1. The molecule has 0 bridgehead atoms. The maximum atomic E-state index is 11.5. The van der Waals surface area contributed by atoms with Crippen LogP contribution in [0, 0.1) is 0 Å². The topological polar surface area (TPSA) is 107 Å². The minimum Gasteiger partial charge on any atom is -0.452 e. The maximum Gasteiger partial charge on any atom is 0.490 e. The number of carbonyl (C=O) groups is 2. The van der Waals surface area contributed by atoms with Gasteiger partial charge in [0.2, 0.25) is 0 Å². The molecule has 0 aromatic carbocycles. The highest BCUT2D eigenvalue weighted by molar-refractivity contribution is 6.80. The molecule has 0 aliphatic heterocycles. The first-order valence-electron chi connectivity index (χ1n) is 8.04. The van der Waals surface area contributed by atoms with Crippen LogP contribution >= 0.6 is 0 Å². The Hall–Kier alpha value is -1.15. The Morgan fingerprint density at radius 3 is 2.04 bits per heavy atom. The van der Waals surface area contributed by atoms with Gasteiger partial charge in [-0.25, -0.2) is 20.4 Å². The van der Waals surface area contributed by atoms with Crippen LogP contribution in [-0.4, -0.2) is 56.1 Å². The summed E-state index contributed by atoms with van der Waals surface area (Å²) < 4.78 is 22.3. The van der Waals surface area contributed by atoms with Crippen molar-refractivity contribution < 1.29 is 27.3 Å². The molecule has 9 nitrogen and oxygen atoms in total. The average Bonchev–Trinajstić information content (AvgIpc) is 2.48. The van der Waals surface area contributed by atoms with Crippen molar-refractivity contribution in [3.8, 4) is 0 Å². The zero-order valence-corrected chi connectivity index (χ0v) is 17.5. The highest BCUT2D eigenvalue weighted by Crippen LogP contribution is 2.22. The Kier molecular flexibility index (Phi) is 10.9. The van der Waals surface area contributed by atoms with Gasteiger partial charge in [-0.1, -0.05) is 0 Å². The number of rotatable bonds is 10. The lowest BCUT2D eigenvalue weighted by atomic mass is 10.5. The van der Waals surface area contributed by atoms with Crippen molar-refractivity contribution in [2.75, 3.05) is 26.9 Å². The molecule has 0 unspecified atom stereocenters. The van der Waals surface area contributed by atoms with Crippen LogP contribution in [0.15, 0.2) is 0 Å². The predicted molar refractivity (Wildman–Crippen MR) is 94.9 cm³/mol. The van der Waals surface area contributed by atoms with Crippen molar-refractivity contribution in [2.24, 2.45) is 0 Å². The molecule has 0 heterocycles. The maximum absolute atomic E-state index is 11.5. The second kappa shape index (κ2) is 11.4. The molecule has 0 aliphatic rings. The molecule has 0 spiro atoms. The first-order chi connectivity index (χ1) is 11.2. The molecule has 0 rings (SSSR count). The molecule has 0 saturated heterocycles. The number of hydrogen-bond donors (Lipinski definition) is 3. The quantitative estimate of drug-likeness (QED) is 0.303. The van der Waals surface area contributed by atoms with Crippen LogP contribution < -0.4 is 16.2 Å². The van der Waals surface area contributed by atoms with Gasteiger partial charge in [-0.15, -0.1) is 0 Å². The zero-order valence-electron chi connectivity index (χ0n) is 15.5. The number of hydrazine groups is 1. The van der Waals surface area contributed by atoms with Gasteiger partial charge in [0.15, 0.2) is 8.32 Å². The van der Waals surface area contributed by atoms with Gasteiger partial charge in [0.25, 0.3) is 0 Å². The lowest BCUT2D eigenvalue weighted by Crippen LogP contribution is -2.53. The Morgan fingerprint density at radius 1 is 1.00 bits per heavy atom. The molecule has 3 N–H and O–H groups in total. The van der Waals surface area contributed by atoms with E-state index in [0.717, 1.165) is 0 Å². The van der Waals surface area contributed by atoms with E-state index in [1.807, 2.05) is 13.8 Å². The minimum atomic E-state index is -2.74. The minimum absolute atomic E-state index is 0.401. The first-order valence-corrected chi connectivity index (χ1v) is 13.4. The molecule has 11 heteroatoms. The summed E-state index contributed by atoms with van der Waals surface area (Å²) in [7, 11) is -3.37. The van der Waals surface area contributed by atoms with Crippen molar-refractivity contribution >= 4 is 29.2 Å². The van der Waals surface area contributed by atoms with Crippen LogP contribution in [0.4, 0.5) is 9.59 Å². The molecule has 0 aliphatic carbocycles. The lowest BCUT2D eigenvalue weighted by molar-refractivity contribution is 0.113. The van der Waals surface area contributed by atoms with Gasteiger partial charge in [-0.3, -0.25) is 0 Å². The molecule has 24 heavy (non-hydrogen) atoms. The number of hydrogen-bond acceptors (Lipinski definition) is 6. The lowest BCUT2D eigenvalue weighted by Gasteiger charge is -2.34. The van der Waals surface area contributed by atoms with Crippen LogP contribution in [0.25, 0.3) is 0 Å². The van der Waals surface area contributed by atoms with Crippen molar-refractivity contribution in [3.63, 3.8) is 0 Å². The van der Waals surface area contributed by atoms with Gasteiger partial charge in [0.1, 0.15) is 0 Å². The van der Waals surface area contributed by atoms with Gasteiger partial charge in [-0.2, -0.15) is 0 Å². The molecule has 0 aromatic heterocycles. The summed E-state index contributed by atoms with van der Waals surface area (Å²) in [6, 6.07) is 0.0931. The van der Waals surface area contributed by atoms with Gasteiger partial charge in [0.05, 0.1) is 7.11 Å². The Bertz CT molecular complexity index is 386. The van der Waals surface area contributed by atoms with Crippen LogP contribution in [0.5, 0.6) is 0 Å². The predicted octanol–water partition coefficient (Wildman–Crippen LogP) is 1.81. The van der Waals surface area contributed by atoms with E-state index in [2.05, 4.69) is 40.5 Å². The van der Waals surface area contributed by atoms with Gasteiger partial charge < -0.3 is 23.0 Å². The fourth-order valence-electron chi connectivity index (χ4n) is 1.91. The second-order valence-electron chi connectivity index (χ2n) is 5.86. The molecular formula is C13H31N3O6Si2. The summed E-state index contributed by atoms with van der Waals surface area (Å²) in [6.07, 6.45) is -0.102. The molecule has 142 valence electrons. The second-order valence-corrected chi connectivity index (χ2v) is 13.3. The number of nitrogens with one attached hydrogen (secondary N) is 3. The molecule has 0 atom stereocenters. The van der Waals surface area contributed by atoms with Crippen molar-refractivity contribution in [2.45, 2.75) is 46.0 Å². The fraction of sp³-hybridized carbons (Fsp3) is 0.846.